The van der Waals surface area contributed by atoms with Gasteiger partial charge in [-0.2, -0.15) is 0 Å². The van der Waals surface area contributed by atoms with Crippen molar-refractivity contribution in [2.24, 2.45) is 11.8 Å². The third-order valence-electron chi connectivity index (χ3n) is 4.17. The molecule has 1 amide bonds. The minimum atomic E-state index is 0.353. The van der Waals surface area contributed by atoms with Gasteiger partial charge in [0.05, 0.1) is 11.2 Å². The number of likely N-dealkylation sites (tertiary alicyclic amines) is 1. The van der Waals surface area contributed by atoms with Gasteiger partial charge in [-0.15, -0.1) is 11.3 Å². The highest BCUT2D eigenvalue weighted by molar-refractivity contribution is 7.07. The van der Waals surface area contributed by atoms with Gasteiger partial charge in [0.25, 0.3) is 0 Å². The molecule has 104 valence electrons. The summed E-state index contributed by atoms with van der Waals surface area (Å²) in [5.41, 5.74) is 2.99. The molecule has 4 nitrogen and oxygen atoms in total. The van der Waals surface area contributed by atoms with Crippen molar-refractivity contribution in [3.05, 3.63) is 16.6 Å². The van der Waals surface area contributed by atoms with Crippen LogP contribution in [0.25, 0.3) is 0 Å². The van der Waals surface area contributed by atoms with Crippen LogP contribution in [0.4, 0.5) is 0 Å². The molecule has 1 aliphatic carbocycles. The van der Waals surface area contributed by atoms with Crippen molar-refractivity contribution in [3.8, 4) is 0 Å². The number of amides is 1. The van der Waals surface area contributed by atoms with E-state index >= 15 is 0 Å². The van der Waals surface area contributed by atoms with Gasteiger partial charge in [0.2, 0.25) is 5.91 Å². The lowest BCUT2D eigenvalue weighted by atomic mass is 9.93. The summed E-state index contributed by atoms with van der Waals surface area (Å²) in [6.45, 7) is 4.90. The van der Waals surface area contributed by atoms with E-state index in [9.17, 15) is 4.79 Å². The maximum Gasteiger partial charge on any atom is 0.225 e. The molecule has 1 aromatic heterocycles. The molecule has 5 heteroatoms. The number of thiazole rings is 1. The minimum Gasteiger partial charge on any atom is -0.342 e. The van der Waals surface area contributed by atoms with Crippen LogP contribution >= 0.6 is 11.3 Å². The molecule has 1 N–H and O–H groups in total. The molecular formula is C14H21N3OS. The van der Waals surface area contributed by atoms with E-state index in [1.165, 1.54) is 0 Å². The molecule has 0 radical (unpaired) electrons. The average molecular weight is 279 g/mol. The topological polar surface area (TPSA) is 45.2 Å². The number of carbonyl (C=O) groups is 1. The first-order chi connectivity index (χ1) is 9.24. The molecule has 2 aliphatic rings. The van der Waals surface area contributed by atoms with Crippen LogP contribution in [0.5, 0.6) is 0 Å². The van der Waals surface area contributed by atoms with E-state index in [2.05, 4.69) is 27.5 Å². The number of nitrogens with zero attached hydrogens (tertiary/aromatic N) is 2. The molecule has 1 aliphatic heterocycles. The second-order valence-electron chi connectivity index (χ2n) is 5.79. The lowest BCUT2D eigenvalue weighted by molar-refractivity contribution is -0.134. The molecule has 19 heavy (non-hydrogen) atoms. The zero-order valence-corrected chi connectivity index (χ0v) is 12.2. The number of piperidine rings is 1. The average Bonchev–Trinajstić information content (AvgIpc) is 3.13. The smallest absolute Gasteiger partial charge is 0.225 e. The molecule has 2 heterocycles. The molecule has 1 aromatic rings. The predicted octanol–water partition coefficient (Wildman–Crippen LogP) is 1.88. The standard InChI is InChI=1S/C14H21N3OS/c1-10-7-17(14(18)11-2-3-11)5-4-13(10)15-6-12-8-19-9-16-12/h8-11,13,15H,2-7H2,1H3. The van der Waals surface area contributed by atoms with Crippen LogP contribution in [-0.2, 0) is 11.3 Å². The fraction of sp³-hybridized carbons (Fsp3) is 0.714. The Hall–Kier alpha value is -0.940. The van der Waals surface area contributed by atoms with Gasteiger partial charge in [-0.05, 0) is 25.2 Å². The first kappa shape index (κ1) is 13.1. The van der Waals surface area contributed by atoms with Crippen LogP contribution < -0.4 is 5.32 Å². The van der Waals surface area contributed by atoms with Gasteiger partial charge < -0.3 is 10.2 Å². The highest BCUT2D eigenvalue weighted by Gasteiger charge is 2.36. The number of nitrogens with one attached hydrogen (secondary N) is 1. The quantitative estimate of drug-likeness (QED) is 0.915. The monoisotopic (exact) mass is 279 g/mol. The molecule has 0 spiro atoms. The molecule has 2 fully saturated rings. The fourth-order valence-corrected chi connectivity index (χ4v) is 3.36. The number of carbonyl (C=O) groups excluding carboxylic acids is 1. The summed E-state index contributed by atoms with van der Waals surface area (Å²) in [4.78, 5) is 18.4. The SMILES string of the molecule is CC1CN(C(=O)C2CC2)CCC1NCc1cscn1. The number of aromatic nitrogens is 1. The fourth-order valence-electron chi connectivity index (χ4n) is 2.80. The number of rotatable bonds is 4. The lowest BCUT2D eigenvalue weighted by Gasteiger charge is -2.37. The summed E-state index contributed by atoms with van der Waals surface area (Å²) in [6, 6.07) is 0.505. The highest BCUT2D eigenvalue weighted by Crippen LogP contribution is 2.32. The molecule has 2 atom stereocenters. The summed E-state index contributed by atoms with van der Waals surface area (Å²) in [7, 11) is 0. The van der Waals surface area contributed by atoms with Crippen LogP contribution in [0.1, 0.15) is 31.9 Å². The Morgan fingerprint density at radius 1 is 1.53 bits per heavy atom. The summed E-state index contributed by atoms with van der Waals surface area (Å²) in [6.07, 6.45) is 3.27. The second-order valence-corrected chi connectivity index (χ2v) is 6.51. The Bertz CT molecular complexity index is 430. The van der Waals surface area contributed by atoms with Crippen molar-refractivity contribution in [1.29, 1.82) is 0 Å². The van der Waals surface area contributed by atoms with E-state index in [0.717, 1.165) is 44.6 Å². The van der Waals surface area contributed by atoms with E-state index in [1.54, 1.807) is 11.3 Å². The van der Waals surface area contributed by atoms with E-state index in [-0.39, 0.29) is 0 Å². The van der Waals surface area contributed by atoms with E-state index < -0.39 is 0 Å². The van der Waals surface area contributed by atoms with Crippen LogP contribution in [0.15, 0.2) is 10.9 Å². The largest absolute Gasteiger partial charge is 0.342 e. The van der Waals surface area contributed by atoms with Crippen molar-refractivity contribution < 1.29 is 4.79 Å². The van der Waals surface area contributed by atoms with Crippen molar-refractivity contribution in [1.82, 2.24) is 15.2 Å². The van der Waals surface area contributed by atoms with Crippen LogP contribution in [-0.4, -0.2) is 34.9 Å². The van der Waals surface area contributed by atoms with Gasteiger partial charge in [-0.1, -0.05) is 6.92 Å². The van der Waals surface area contributed by atoms with E-state index in [1.807, 2.05) is 5.51 Å². The van der Waals surface area contributed by atoms with Gasteiger partial charge in [-0.3, -0.25) is 4.79 Å². The number of hydrogen-bond donors (Lipinski definition) is 1. The Balaban J connectivity index is 1.48. The molecule has 2 unspecified atom stereocenters. The highest BCUT2D eigenvalue weighted by atomic mass is 32.1. The lowest BCUT2D eigenvalue weighted by Crippen LogP contribution is -2.50. The Labute approximate surface area is 118 Å². The van der Waals surface area contributed by atoms with Gasteiger partial charge in [0.1, 0.15) is 0 Å². The Kier molecular flexibility index (Phi) is 3.84. The normalized spacial score (nSPS) is 27.5. The van der Waals surface area contributed by atoms with E-state index in [0.29, 0.717) is 23.8 Å². The summed E-state index contributed by atoms with van der Waals surface area (Å²) in [5, 5.41) is 5.67. The zero-order valence-electron chi connectivity index (χ0n) is 11.3. The van der Waals surface area contributed by atoms with Crippen LogP contribution in [0, 0.1) is 11.8 Å². The first-order valence-electron chi connectivity index (χ1n) is 7.13. The molecular weight excluding hydrogens is 258 g/mol. The van der Waals surface area contributed by atoms with Gasteiger partial charge >= 0.3 is 0 Å². The zero-order chi connectivity index (χ0) is 13.2. The molecule has 3 rings (SSSR count). The summed E-state index contributed by atoms with van der Waals surface area (Å²) >= 11 is 1.64. The van der Waals surface area contributed by atoms with Crippen LogP contribution in [0.2, 0.25) is 0 Å². The second kappa shape index (κ2) is 5.59. The van der Waals surface area contributed by atoms with Gasteiger partial charge in [0, 0.05) is 37.0 Å². The molecule has 1 saturated heterocycles. The third-order valence-corrected chi connectivity index (χ3v) is 4.81. The van der Waals surface area contributed by atoms with Crippen molar-refractivity contribution >= 4 is 17.2 Å². The predicted molar refractivity (Wildman–Crippen MR) is 75.8 cm³/mol. The van der Waals surface area contributed by atoms with Crippen molar-refractivity contribution in [2.75, 3.05) is 13.1 Å². The van der Waals surface area contributed by atoms with Crippen LogP contribution in [0.3, 0.4) is 0 Å². The van der Waals surface area contributed by atoms with Crippen molar-refractivity contribution in [2.45, 2.75) is 38.8 Å². The molecule has 0 aromatic carbocycles. The Morgan fingerprint density at radius 3 is 3.00 bits per heavy atom. The number of hydrogen-bond acceptors (Lipinski definition) is 4. The Morgan fingerprint density at radius 2 is 2.37 bits per heavy atom. The van der Waals surface area contributed by atoms with Crippen molar-refractivity contribution in [3.63, 3.8) is 0 Å². The van der Waals surface area contributed by atoms with Gasteiger partial charge in [-0.25, -0.2) is 4.98 Å². The maximum absolute atomic E-state index is 12.1. The first-order valence-corrected chi connectivity index (χ1v) is 8.07. The summed E-state index contributed by atoms with van der Waals surface area (Å²) in [5.74, 6) is 1.27. The van der Waals surface area contributed by atoms with Gasteiger partial charge in [0.15, 0.2) is 0 Å². The minimum absolute atomic E-state index is 0.353. The maximum atomic E-state index is 12.1. The molecule has 1 saturated carbocycles. The molecule has 0 bridgehead atoms. The summed E-state index contributed by atoms with van der Waals surface area (Å²) < 4.78 is 0. The van der Waals surface area contributed by atoms with E-state index in [4.69, 9.17) is 0 Å². The third kappa shape index (κ3) is 3.15.